The molecule has 0 aliphatic carbocycles. The van der Waals surface area contributed by atoms with Crippen molar-refractivity contribution < 1.29 is 19.2 Å². The van der Waals surface area contributed by atoms with Crippen LogP contribution in [0.15, 0.2) is 23.9 Å². The Bertz CT molecular complexity index is 536. The fourth-order valence-corrected chi connectivity index (χ4v) is 1.46. The van der Waals surface area contributed by atoms with Crippen molar-refractivity contribution in [3.63, 3.8) is 0 Å². The Labute approximate surface area is 117 Å². The largest absolute Gasteiger partial charge is 0.490 e. The monoisotopic (exact) mass is 279 g/mol. The third-order valence-electron chi connectivity index (χ3n) is 2.44. The molecule has 0 unspecified atom stereocenters. The Morgan fingerprint density at radius 3 is 2.60 bits per heavy atom. The summed E-state index contributed by atoms with van der Waals surface area (Å²) in [7, 11) is 0. The predicted molar refractivity (Wildman–Crippen MR) is 74.2 cm³/mol. The SMILES string of the molecule is CCOc1cc(/C=C(\C)[N+](=O)[O-])ccc1OC(=O)CC. The quantitative estimate of drug-likeness (QED) is 0.346. The van der Waals surface area contributed by atoms with E-state index < -0.39 is 4.92 Å². The number of nitrogens with zero attached hydrogens (tertiary/aromatic N) is 1. The van der Waals surface area contributed by atoms with E-state index in [1.807, 2.05) is 0 Å². The average Bonchev–Trinajstić information content (AvgIpc) is 2.41. The minimum Gasteiger partial charge on any atom is -0.490 e. The molecular weight excluding hydrogens is 262 g/mol. The van der Waals surface area contributed by atoms with E-state index in [0.29, 0.717) is 23.7 Å². The number of carbonyl (C=O) groups is 1. The van der Waals surface area contributed by atoms with Gasteiger partial charge in [-0.25, -0.2) is 0 Å². The number of hydrogen-bond acceptors (Lipinski definition) is 5. The summed E-state index contributed by atoms with van der Waals surface area (Å²) in [6.07, 6.45) is 1.68. The van der Waals surface area contributed by atoms with E-state index in [9.17, 15) is 14.9 Å². The fourth-order valence-electron chi connectivity index (χ4n) is 1.46. The topological polar surface area (TPSA) is 78.7 Å². The van der Waals surface area contributed by atoms with Crippen molar-refractivity contribution in [2.45, 2.75) is 27.2 Å². The van der Waals surface area contributed by atoms with Gasteiger partial charge in [-0.3, -0.25) is 14.9 Å². The van der Waals surface area contributed by atoms with Crippen molar-refractivity contribution in [2.75, 3.05) is 6.61 Å². The lowest BCUT2D eigenvalue weighted by Crippen LogP contribution is -2.07. The van der Waals surface area contributed by atoms with Gasteiger partial charge in [-0.2, -0.15) is 0 Å². The number of ether oxygens (including phenoxy) is 2. The molecule has 1 aromatic rings. The van der Waals surface area contributed by atoms with Gasteiger partial charge in [-0.1, -0.05) is 13.0 Å². The van der Waals surface area contributed by atoms with E-state index >= 15 is 0 Å². The van der Waals surface area contributed by atoms with Crippen LogP contribution < -0.4 is 9.47 Å². The lowest BCUT2D eigenvalue weighted by atomic mass is 10.1. The molecule has 0 aliphatic rings. The normalized spacial score (nSPS) is 11.1. The number of hydrogen-bond donors (Lipinski definition) is 0. The Kier molecular flexibility index (Phi) is 5.71. The molecule has 0 amide bonds. The van der Waals surface area contributed by atoms with E-state index in [1.165, 1.54) is 13.0 Å². The first-order chi connectivity index (χ1) is 9.47. The smallest absolute Gasteiger partial charge is 0.311 e. The van der Waals surface area contributed by atoms with Gasteiger partial charge in [0.1, 0.15) is 0 Å². The number of benzene rings is 1. The zero-order chi connectivity index (χ0) is 15.1. The summed E-state index contributed by atoms with van der Waals surface area (Å²) in [5, 5.41) is 10.6. The first-order valence-corrected chi connectivity index (χ1v) is 6.28. The van der Waals surface area contributed by atoms with Gasteiger partial charge in [0.2, 0.25) is 5.70 Å². The second kappa shape index (κ2) is 7.28. The number of rotatable bonds is 6. The molecule has 6 heteroatoms. The highest BCUT2D eigenvalue weighted by Crippen LogP contribution is 2.29. The molecule has 0 spiro atoms. The number of esters is 1. The van der Waals surface area contributed by atoms with E-state index in [2.05, 4.69) is 0 Å². The molecule has 1 rings (SSSR count). The van der Waals surface area contributed by atoms with E-state index in [-0.39, 0.29) is 18.1 Å². The van der Waals surface area contributed by atoms with Crippen molar-refractivity contribution in [2.24, 2.45) is 0 Å². The standard InChI is InChI=1S/C14H17NO5/c1-4-14(16)20-12-7-6-11(8-10(3)15(17)18)9-13(12)19-5-2/h6-9H,4-5H2,1-3H3/b10-8+. The van der Waals surface area contributed by atoms with Crippen LogP contribution in [-0.2, 0) is 4.79 Å². The summed E-state index contributed by atoms with van der Waals surface area (Å²) in [5.74, 6) is 0.338. The summed E-state index contributed by atoms with van der Waals surface area (Å²) < 4.78 is 10.5. The molecule has 0 bridgehead atoms. The summed E-state index contributed by atoms with van der Waals surface area (Å²) in [4.78, 5) is 21.4. The maximum Gasteiger partial charge on any atom is 0.311 e. The van der Waals surface area contributed by atoms with Crippen molar-refractivity contribution in [1.29, 1.82) is 0 Å². The first-order valence-electron chi connectivity index (χ1n) is 6.28. The van der Waals surface area contributed by atoms with Gasteiger partial charge >= 0.3 is 5.97 Å². The molecule has 0 atom stereocenters. The molecule has 0 N–H and O–H groups in total. The van der Waals surface area contributed by atoms with Gasteiger partial charge < -0.3 is 9.47 Å². The summed E-state index contributed by atoms with van der Waals surface area (Å²) in [6, 6.07) is 4.81. The fraction of sp³-hybridized carbons (Fsp3) is 0.357. The van der Waals surface area contributed by atoms with Crippen molar-refractivity contribution in [1.82, 2.24) is 0 Å². The van der Waals surface area contributed by atoms with Crippen LogP contribution in [0.5, 0.6) is 11.5 Å². The molecule has 0 saturated heterocycles. The molecule has 0 heterocycles. The van der Waals surface area contributed by atoms with Crippen molar-refractivity contribution >= 4 is 12.0 Å². The van der Waals surface area contributed by atoms with Crippen LogP contribution in [0.1, 0.15) is 32.8 Å². The van der Waals surface area contributed by atoms with Crippen LogP contribution in [0, 0.1) is 10.1 Å². The van der Waals surface area contributed by atoms with Gasteiger partial charge in [-0.15, -0.1) is 0 Å². The molecule has 108 valence electrons. The average molecular weight is 279 g/mol. The Morgan fingerprint density at radius 1 is 1.35 bits per heavy atom. The number of carbonyl (C=O) groups excluding carboxylic acids is 1. The first kappa shape index (κ1) is 15.7. The maximum atomic E-state index is 11.3. The molecule has 0 aromatic heterocycles. The maximum absolute atomic E-state index is 11.3. The van der Waals surface area contributed by atoms with Gasteiger partial charge in [-0.05, 0) is 24.6 Å². The Hall–Kier alpha value is -2.37. The second-order valence-corrected chi connectivity index (χ2v) is 4.01. The Morgan fingerprint density at radius 2 is 2.05 bits per heavy atom. The highest BCUT2D eigenvalue weighted by Gasteiger charge is 2.11. The van der Waals surface area contributed by atoms with Crippen LogP contribution in [0.2, 0.25) is 0 Å². The summed E-state index contributed by atoms with van der Waals surface area (Å²) >= 11 is 0. The predicted octanol–water partition coefficient (Wildman–Crippen LogP) is 3.04. The molecular formula is C14H17NO5. The van der Waals surface area contributed by atoms with E-state index in [1.54, 1.807) is 32.0 Å². The van der Waals surface area contributed by atoms with Crippen LogP contribution >= 0.6 is 0 Å². The van der Waals surface area contributed by atoms with Crippen molar-refractivity contribution in [3.05, 3.63) is 39.6 Å². The highest BCUT2D eigenvalue weighted by molar-refractivity contribution is 5.73. The van der Waals surface area contributed by atoms with Crippen LogP contribution in [0.25, 0.3) is 6.08 Å². The molecule has 0 saturated carbocycles. The molecule has 0 radical (unpaired) electrons. The van der Waals surface area contributed by atoms with E-state index in [4.69, 9.17) is 9.47 Å². The molecule has 6 nitrogen and oxygen atoms in total. The minimum absolute atomic E-state index is 0.0192. The zero-order valence-electron chi connectivity index (χ0n) is 11.7. The van der Waals surface area contributed by atoms with Crippen LogP contribution in [0.3, 0.4) is 0 Å². The number of nitro groups is 1. The van der Waals surface area contributed by atoms with Crippen LogP contribution in [0.4, 0.5) is 0 Å². The second-order valence-electron chi connectivity index (χ2n) is 4.01. The number of allylic oxidation sites excluding steroid dienone is 1. The zero-order valence-corrected chi connectivity index (χ0v) is 11.7. The molecule has 1 aromatic carbocycles. The lowest BCUT2D eigenvalue weighted by molar-refractivity contribution is -0.422. The van der Waals surface area contributed by atoms with Crippen LogP contribution in [-0.4, -0.2) is 17.5 Å². The van der Waals surface area contributed by atoms with Gasteiger partial charge in [0.15, 0.2) is 11.5 Å². The van der Waals surface area contributed by atoms with Gasteiger partial charge in [0.25, 0.3) is 0 Å². The minimum atomic E-state index is -0.467. The summed E-state index contributed by atoms with van der Waals surface area (Å²) in [6.45, 7) is 5.31. The third-order valence-corrected chi connectivity index (χ3v) is 2.44. The molecule has 0 aliphatic heterocycles. The van der Waals surface area contributed by atoms with Gasteiger partial charge in [0.05, 0.1) is 11.5 Å². The van der Waals surface area contributed by atoms with Gasteiger partial charge in [0, 0.05) is 19.4 Å². The summed E-state index contributed by atoms with van der Waals surface area (Å²) in [5.41, 5.74) is 0.629. The highest BCUT2D eigenvalue weighted by atomic mass is 16.6. The third kappa shape index (κ3) is 4.38. The molecule has 20 heavy (non-hydrogen) atoms. The Balaban J connectivity index is 3.09. The molecule has 0 fully saturated rings. The lowest BCUT2D eigenvalue weighted by Gasteiger charge is -2.10. The van der Waals surface area contributed by atoms with E-state index in [0.717, 1.165) is 0 Å². The van der Waals surface area contributed by atoms with Crippen molar-refractivity contribution in [3.8, 4) is 11.5 Å².